The maximum Gasteiger partial charge on any atom is 0.306 e. The highest BCUT2D eigenvalue weighted by Gasteiger charge is 2.20. The summed E-state index contributed by atoms with van der Waals surface area (Å²) in [5, 5.41) is 0. The van der Waals surface area contributed by atoms with Gasteiger partial charge >= 0.3 is 5.97 Å². The van der Waals surface area contributed by atoms with Crippen LogP contribution in [0.4, 0.5) is 0 Å². The van der Waals surface area contributed by atoms with Gasteiger partial charge in [-0.25, -0.2) is 0 Å². The highest BCUT2D eigenvalue weighted by Crippen LogP contribution is 2.38. The Kier molecular flexibility index (Phi) is 35.0. The van der Waals surface area contributed by atoms with Crippen LogP contribution in [0.2, 0.25) is 0 Å². The smallest absolute Gasteiger partial charge is 0.306 e. The Balaban J connectivity index is 4.31. The monoisotopic (exact) mass is 744 g/mol. The van der Waals surface area contributed by atoms with Crippen molar-refractivity contribution in [3.05, 3.63) is 24.5 Å². The Labute approximate surface area is 315 Å². The van der Waals surface area contributed by atoms with Crippen molar-refractivity contribution >= 4 is 13.8 Å². The highest BCUT2D eigenvalue weighted by molar-refractivity contribution is 7.45. The van der Waals surface area contributed by atoms with E-state index in [1.165, 1.54) is 135 Å². The quantitative estimate of drug-likeness (QED) is 0.0154. The first-order chi connectivity index (χ1) is 24.6. The molecule has 0 aliphatic rings. The molecular weight excluding hydrogens is 661 g/mol. The summed E-state index contributed by atoms with van der Waals surface area (Å²) in [6, 6.07) is 0. The van der Waals surface area contributed by atoms with E-state index in [4.69, 9.17) is 18.5 Å². The van der Waals surface area contributed by atoms with Crippen molar-refractivity contribution < 1.29 is 37.3 Å². The van der Waals surface area contributed by atoms with Crippen molar-refractivity contribution in [2.75, 3.05) is 47.5 Å². The minimum absolute atomic E-state index is 0.0172. The van der Waals surface area contributed by atoms with Crippen LogP contribution in [0.25, 0.3) is 0 Å². The highest BCUT2D eigenvalue weighted by atomic mass is 31.2. The fraction of sp³-hybridized carbons (Fsp3) is 0.881. The summed E-state index contributed by atoms with van der Waals surface area (Å²) < 4.78 is 34.3. The van der Waals surface area contributed by atoms with Gasteiger partial charge < -0.3 is 27.9 Å². The number of likely N-dealkylation sites (N-methyl/N-ethyl adjacent to an activating group) is 1. The van der Waals surface area contributed by atoms with Crippen LogP contribution in [-0.2, 0) is 27.9 Å². The van der Waals surface area contributed by atoms with Gasteiger partial charge in [-0.2, -0.15) is 0 Å². The number of esters is 1. The lowest BCUT2D eigenvalue weighted by Gasteiger charge is -2.28. The van der Waals surface area contributed by atoms with Gasteiger partial charge in [0, 0.05) is 6.42 Å². The van der Waals surface area contributed by atoms with Gasteiger partial charge in [-0.1, -0.05) is 148 Å². The van der Waals surface area contributed by atoms with Gasteiger partial charge in [0.15, 0.2) is 6.10 Å². The molecule has 2 atom stereocenters. The first kappa shape index (κ1) is 49.8. The maximum atomic E-state index is 12.6. The molecular formula is C42H82NO7P. The topological polar surface area (TPSA) is 94.1 Å². The fourth-order valence-electron chi connectivity index (χ4n) is 5.74. The molecule has 1 unspecified atom stereocenters. The number of nitrogens with zero attached hydrogens (tertiary/aromatic N) is 1. The Bertz CT molecular complexity index is 874. The zero-order chi connectivity index (χ0) is 37.7. The van der Waals surface area contributed by atoms with Crippen LogP contribution in [-0.4, -0.2) is 64.1 Å². The Hall–Kier alpha value is -1.18. The molecule has 0 saturated carbocycles. The second-order valence-corrected chi connectivity index (χ2v) is 16.8. The maximum absolute atomic E-state index is 12.6. The van der Waals surface area contributed by atoms with E-state index in [0.29, 0.717) is 17.4 Å². The number of ether oxygens (including phenoxy) is 2. The van der Waals surface area contributed by atoms with Crippen molar-refractivity contribution in [1.29, 1.82) is 0 Å². The van der Waals surface area contributed by atoms with Crippen molar-refractivity contribution in [3.8, 4) is 0 Å². The van der Waals surface area contributed by atoms with Crippen LogP contribution in [0, 0.1) is 0 Å². The van der Waals surface area contributed by atoms with Gasteiger partial charge in [0.05, 0.1) is 34.0 Å². The number of rotatable bonds is 39. The summed E-state index contributed by atoms with van der Waals surface area (Å²) in [4.78, 5) is 25.0. The lowest BCUT2D eigenvalue weighted by molar-refractivity contribution is -0.870. The van der Waals surface area contributed by atoms with Gasteiger partial charge in [-0.05, 0) is 51.0 Å². The summed E-state index contributed by atoms with van der Waals surface area (Å²) in [6.07, 6.45) is 39.9. The zero-order valence-corrected chi connectivity index (χ0v) is 35.0. The van der Waals surface area contributed by atoms with Gasteiger partial charge in [-0.15, -0.1) is 0 Å². The van der Waals surface area contributed by atoms with Crippen molar-refractivity contribution in [3.63, 3.8) is 0 Å². The largest absolute Gasteiger partial charge is 0.756 e. The van der Waals surface area contributed by atoms with Crippen LogP contribution in [0.15, 0.2) is 24.5 Å². The summed E-state index contributed by atoms with van der Waals surface area (Å²) >= 11 is 0. The lowest BCUT2D eigenvalue weighted by atomic mass is 10.0. The number of quaternary nitrogens is 1. The summed E-state index contributed by atoms with van der Waals surface area (Å²) in [5.74, 6) is -0.360. The SMILES string of the molecule is CCCCCC/C=C\CCCCCCCCCC(=O)O[C@H](CO/C=C\CCCCCCCCCCCCCC)COP(=O)([O-])OCC[N+](C)(C)C. The molecule has 9 heteroatoms. The molecule has 0 saturated heterocycles. The molecule has 0 aliphatic carbocycles. The van der Waals surface area contributed by atoms with Gasteiger partial charge in [0.2, 0.25) is 0 Å². The average Bonchev–Trinajstić information content (AvgIpc) is 3.08. The standard InChI is InChI=1S/C42H82NO7P/c1-6-8-10-12-14-16-18-20-22-23-25-27-29-31-33-35-42(44)50-41(40-49-51(45,46)48-38-36-43(3,4)5)39-47-37-34-32-30-28-26-24-21-19-17-15-13-11-9-7-2/h16,18,34,37,41H,6-15,17,19-33,35-36,38-40H2,1-5H3/b18-16-,37-34-/t41-/m1/s1. The van der Waals surface area contributed by atoms with Gasteiger partial charge in [0.25, 0.3) is 7.82 Å². The van der Waals surface area contributed by atoms with Crippen LogP contribution in [0.3, 0.4) is 0 Å². The molecule has 0 aliphatic heterocycles. The van der Waals surface area contributed by atoms with Crippen molar-refractivity contribution in [1.82, 2.24) is 0 Å². The lowest BCUT2D eigenvalue weighted by Crippen LogP contribution is -2.37. The number of unbranched alkanes of at least 4 members (excludes halogenated alkanes) is 23. The number of hydrogen-bond donors (Lipinski definition) is 0. The minimum atomic E-state index is -4.53. The summed E-state index contributed by atoms with van der Waals surface area (Å²) in [5.41, 5.74) is 0. The third-order valence-corrected chi connectivity index (χ3v) is 10.0. The average molecular weight is 744 g/mol. The number of phosphoric acid groups is 1. The number of phosphoric ester groups is 1. The molecule has 0 aromatic carbocycles. The molecule has 0 heterocycles. The minimum Gasteiger partial charge on any atom is -0.756 e. The predicted molar refractivity (Wildman–Crippen MR) is 213 cm³/mol. The number of hydrogen-bond acceptors (Lipinski definition) is 7. The predicted octanol–water partition coefficient (Wildman–Crippen LogP) is 11.8. The Morgan fingerprint density at radius 1 is 0.608 bits per heavy atom. The second-order valence-electron chi connectivity index (χ2n) is 15.4. The molecule has 302 valence electrons. The summed E-state index contributed by atoms with van der Waals surface area (Å²) in [6.45, 7) is 4.73. The molecule has 0 rings (SSSR count). The molecule has 51 heavy (non-hydrogen) atoms. The molecule has 0 aromatic heterocycles. The molecule has 0 spiro atoms. The molecule has 0 bridgehead atoms. The van der Waals surface area contributed by atoms with Crippen LogP contribution < -0.4 is 4.89 Å². The first-order valence-corrected chi connectivity index (χ1v) is 22.6. The second kappa shape index (κ2) is 35.8. The third-order valence-electron chi connectivity index (χ3n) is 9.07. The molecule has 0 amide bonds. The Morgan fingerprint density at radius 3 is 1.53 bits per heavy atom. The molecule has 0 N–H and O–H groups in total. The van der Waals surface area contributed by atoms with E-state index >= 15 is 0 Å². The fourth-order valence-corrected chi connectivity index (χ4v) is 6.47. The van der Waals surface area contributed by atoms with E-state index in [0.717, 1.165) is 32.1 Å². The van der Waals surface area contributed by atoms with Crippen LogP contribution >= 0.6 is 7.82 Å². The summed E-state index contributed by atoms with van der Waals surface area (Å²) in [7, 11) is 1.33. The van der Waals surface area contributed by atoms with Gasteiger partial charge in [-0.3, -0.25) is 9.36 Å². The van der Waals surface area contributed by atoms with E-state index < -0.39 is 13.9 Å². The van der Waals surface area contributed by atoms with Crippen molar-refractivity contribution in [2.24, 2.45) is 0 Å². The third kappa shape index (κ3) is 39.9. The van der Waals surface area contributed by atoms with Crippen LogP contribution in [0.1, 0.15) is 187 Å². The van der Waals surface area contributed by atoms with E-state index in [1.54, 1.807) is 6.26 Å². The van der Waals surface area contributed by atoms with Crippen molar-refractivity contribution in [2.45, 2.75) is 193 Å². The molecule has 8 nitrogen and oxygen atoms in total. The molecule has 0 radical (unpaired) electrons. The van der Waals surface area contributed by atoms with E-state index in [1.807, 2.05) is 27.2 Å². The van der Waals surface area contributed by atoms with E-state index in [-0.39, 0.29) is 25.8 Å². The Morgan fingerprint density at radius 2 is 1.04 bits per heavy atom. The molecule has 0 fully saturated rings. The van der Waals surface area contributed by atoms with Crippen LogP contribution in [0.5, 0.6) is 0 Å². The zero-order valence-electron chi connectivity index (χ0n) is 34.1. The first-order valence-electron chi connectivity index (χ1n) is 21.1. The van der Waals surface area contributed by atoms with E-state index in [2.05, 4.69) is 26.0 Å². The normalized spacial score (nSPS) is 14.0. The van der Waals surface area contributed by atoms with E-state index in [9.17, 15) is 14.3 Å². The molecule has 0 aromatic rings. The number of carbonyl (C=O) groups excluding carboxylic acids is 1. The number of allylic oxidation sites excluding steroid dienone is 3. The number of carbonyl (C=O) groups is 1. The van der Waals surface area contributed by atoms with Gasteiger partial charge in [0.1, 0.15) is 19.8 Å².